The van der Waals surface area contributed by atoms with Crippen LogP contribution in [0.25, 0.3) is 0 Å². The molecule has 2 rings (SSSR count). The van der Waals surface area contributed by atoms with Gasteiger partial charge in [0, 0.05) is 13.6 Å². The summed E-state index contributed by atoms with van der Waals surface area (Å²) < 4.78 is 0. The zero-order valence-electron chi connectivity index (χ0n) is 11.3. The molecule has 1 aromatic carbocycles. The molecule has 1 aliphatic rings. The van der Waals surface area contributed by atoms with Crippen LogP contribution in [0.2, 0.25) is 0 Å². The average molecular weight is 247 g/mol. The van der Waals surface area contributed by atoms with Crippen LogP contribution in [0, 0.1) is 13.8 Å². The highest BCUT2D eigenvalue weighted by atomic mass is 16.2. The van der Waals surface area contributed by atoms with Crippen molar-refractivity contribution in [3.8, 4) is 0 Å². The van der Waals surface area contributed by atoms with Crippen LogP contribution in [0.5, 0.6) is 0 Å². The number of hydrogen-bond donors (Lipinski definition) is 1. The van der Waals surface area contributed by atoms with Gasteiger partial charge in [-0.25, -0.2) is 4.79 Å². The number of carbonyl (C=O) groups is 1. The van der Waals surface area contributed by atoms with Gasteiger partial charge in [-0.15, -0.1) is 0 Å². The fourth-order valence-electron chi connectivity index (χ4n) is 2.65. The lowest BCUT2D eigenvalue weighted by Gasteiger charge is -2.20. The summed E-state index contributed by atoms with van der Waals surface area (Å²) in [5.41, 5.74) is 8.94. The molecule has 1 aromatic rings. The molecule has 1 unspecified atom stereocenters. The summed E-state index contributed by atoms with van der Waals surface area (Å²) in [5, 5.41) is 0. The first-order valence-electron chi connectivity index (χ1n) is 6.37. The summed E-state index contributed by atoms with van der Waals surface area (Å²) in [7, 11) is 1.86. The van der Waals surface area contributed by atoms with Crippen molar-refractivity contribution in [2.24, 2.45) is 5.73 Å². The summed E-state index contributed by atoms with van der Waals surface area (Å²) in [4.78, 5) is 16.0. The molecule has 98 valence electrons. The molecule has 0 aromatic heterocycles. The van der Waals surface area contributed by atoms with Crippen LogP contribution in [0.15, 0.2) is 18.2 Å². The van der Waals surface area contributed by atoms with Crippen LogP contribution in [-0.2, 0) is 0 Å². The smallest absolute Gasteiger partial charge is 0.324 e. The highest BCUT2D eigenvalue weighted by molar-refractivity contribution is 5.96. The summed E-state index contributed by atoms with van der Waals surface area (Å²) in [6.45, 7) is 5.44. The van der Waals surface area contributed by atoms with Crippen molar-refractivity contribution in [3.05, 3.63) is 29.3 Å². The van der Waals surface area contributed by atoms with Gasteiger partial charge >= 0.3 is 6.03 Å². The molecular weight excluding hydrogens is 226 g/mol. The minimum Gasteiger partial charge on any atom is -0.330 e. The Morgan fingerprint density at radius 1 is 1.33 bits per heavy atom. The van der Waals surface area contributed by atoms with Crippen LogP contribution >= 0.6 is 0 Å². The van der Waals surface area contributed by atoms with Crippen molar-refractivity contribution < 1.29 is 4.79 Å². The van der Waals surface area contributed by atoms with Crippen molar-refractivity contribution in [2.45, 2.75) is 26.3 Å². The van der Waals surface area contributed by atoms with Crippen molar-refractivity contribution in [1.82, 2.24) is 4.90 Å². The Balaban J connectivity index is 2.32. The van der Waals surface area contributed by atoms with Crippen LogP contribution in [-0.4, -0.2) is 37.1 Å². The summed E-state index contributed by atoms with van der Waals surface area (Å²) in [6, 6.07) is 6.42. The SMILES string of the molecule is Cc1cccc(C)c1N1CC(CCN)N(C)C1=O. The number of rotatable bonds is 3. The number of benzene rings is 1. The molecule has 18 heavy (non-hydrogen) atoms. The molecule has 2 N–H and O–H groups in total. The van der Waals surface area contributed by atoms with E-state index in [9.17, 15) is 4.79 Å². The Bertz CT molecular complexity index is 438. The molecule has 0 saturated carbocycles. The van der Waals surface area contributed by atoms with E-state index in [2.05, 4.69) is 0 Å². The Hall–Kier alpha value is -1.55. The van der Waals surface area contributed by atoms with Gasteiger partial charge in [0.1, 0.15) is 0 Å². The van der Waals surface area contributed by atoms with Crippen molar-refractivity contribution in [3.63, 3.8) is 0 Å². The number of para-hydroxylation sites is 1. The fraction of sp³-hybridized carbons (Fsp3) is 0.500. The molecule has 2 amide bonds. The van der Waals surface area contributed by atoms with Crippen LogP contribution in [0.1, 0.15) is 17.5 Å². The second-order valence-corrected chi connectivity index (χ2v) is 4.98. The standard InChI is InChI=1S/C14H21N3O/c1-10-5-4-6-11(2)13(10)17-9-12(7-8-15)16(3)14(17)18/h4-6,12H,7-9,15H2,1-3H3. The predicted octanol–water partition coefficient (Wildman–Crippen LogP) is 1.89. The summed E-state index contributed by atoms with van der Waals surface area (Å²) in [5.74, 6) is 0. The van der Waals surface area contributed by atoms with Gasteiger partial charge in [-0.05, 0) is 37.9 Å². The van der Waals surface area contributed by atoms with E-state index in [-0.39, 0.29) is 12.1 Å². The number of urea groups is 1. The molecule has 4 heteroatoms. The third-order valence-corrected chi connectivity index (χ3v) is 3.68. The fourth-order valence-corrected chi connectivity index (χ4v) is 2.65. The topological polar surface area (TPSA) is 49.6 Å². The zero-order chi connectivity index (χ0) is 13.3. The Morgan fingerprint density at radius 3 is 2.50 bits per heavy atom. The number of hydrogen-bond acceptors (Lipinski definition) is 2. The van der Waals surface area contributed by atoms with Gasteiger partial charge in [0.2, 0.25) is 0 Å². The minimum atomic E-state index is 0.0749. The van der Waals surface area contributed by atoms with E-state index in [0.29, 0.717) is 6.54 Å². The van der Waals surface area contributed by atoms with E-state index in [0.717, 1.165) is 29.8 Å². The first-order valence-corrected chi connectivity index (χ1v) is 6.37. The molecule has 1 atom stereocenters. The molecule has 4 nitrogen and oxygen atoms in total. The molecular formula is C14H21N3O. The molecule has 1 fully saturated rings. The second kappa shape index (κ2) is 4.98. The minimum absolute atomic E-state index is 0.0749. The number of aryl methyl sites for hydroxylation is 2. The molecule has 0 bridgehead atoms. The maximum Gasteiger partial charge on any atom is 0.324 e. The average Bonchev–Trinajstić information content (AvgIpc) is 2.59. The molecule has 1 heterocycles. The molecule has 1 saturated heterocycles. The molecule has 0 spiro atoms. The molecule has 0 radical (unpaired) electrons. The van der Waals surface area contributed by atoms with E-state index in [1.807, 2.05) is 44.0 Å². The Labute approximate surface area is 108 Å². The lowest BCUT2D eigenvalue weighted by molar-refractivity contribution is 0.217. The first-order chi connectivity index (χ1) is 8.56. The van der Waals surface area contributed by atoms with Gasteiger partial charge in [0.05, 0.1) is 11.7 Å². The monoisotopic (exact) mass is 247 g/mol. The lowest BCUT2D eigenvalue weighted by Crippen LogP contribution is -2.32. The molecule has 0 aliphatic carbocycles. The van der Waals surface area contributed by atoms with Gasteiger partial charge in [-0.2, -0.15) is 0 Å². The van der Waals surface area contributed by atoms with Crippen LogP contribution in [0.3, 0.4) is 0 Å². The van der Waals surface area contributed by atoms with E-state index in [1.54, 1.807) is 4.90 Å². The third-order valence-electron chi connectivity index (χ3n) is 3.68. The zero-order valence-corrected chi connectivity index (χ0v) is 11.3. The number of likely N-dealkylation sites (N-methyl/N-ethyl adjacent to an activating group) is 1. The first kappa shape index (κ1) is 12.9. The Kier molecular flexibility index (Phi) is 3.57. The number of nitrogens with two attached hydrogens (primary N) is 1. The predicted molar refractivity (Wildman–Crippen MR) is 73.9 cm³/mol. The van der Waals surface area contributed by atoms with Crippen molar-refractivity contribution in [1.29, 1.82) is 0 Å². The van der Waals surface area contributed by atoms with E-state index in [1.165, 1.54) is 0 Å². The third kappa shape index (κ3) is 2.08. The van der Waals surface area contributed by atoms with Gasteiger partial charge in [0.25, 0.3) is 0 Å². The van der Waals surface area contributed by atoms with E-state index in [4.69, 9.17) is 5.73 Å². The lowest BCUT2D eigenvalue weighted by atomic mass is 10.1. The number of anilines is 1. The largest absolute Gasteiger partial charge is 0.330 e. The van der Waals surface area contributed by atoms with Gasteiger partial charge < -0.3 is 10.6 Å². The van der Waals surface area contributed by atoms with Crippen LogP contribution in [0.4, 0.5) is 10.5 Å². The van der Waals surface area contributed by atoms with Crippen molar-refractivity contribution >= 4 is 11.7 Å². The van der Waals surface area contributed by atoms with Crippen molar-refractivity contribution in [2.75, 3.05) is 25.0 Å². The van der Waals surface area contributed by atoms with Crippen LogP contribution < -0.4 is 10.6 Å². The molecule has 1 aliphatic heterocycles. The number of nitrogens with zero attached hydrogens (tertiary/aromatic N) is 2. The maximum atomic E-state index is 12.3. The highest BCUT2D eigenvalue weighted by Gasteiger charge is 2.35. The normalized spacial score (nSPS) is 19.8. The van der Waals surface area contributed by atoms with Gasteiger partial charge in [-0.1, -0.05) is 18.2 Å². The summed E-state index contributed by atoms with van der Waals surface area (Å²) >= 11 is 0. The highest BCUT2D eigenvalue weighted by Crippen LogP contribution is 2.29. The van der Waals surface area contributed by atoms with Gasteiger partial charge in [-0.3, -0.25) is 4.90 Å². The van der Waals surface area contributed by atoms with Gasteiger partial charge in [0.15, 0.2) is 0 Å². The maximum absolute atomic E-state index is 12.3. The quantitative estimate of drug-likeness (QED) is 0.886. The Morgan fingerprint density at radius 2 is 1.94 bits per heavy atom. The van der Waals surface area contributed by atoms with E-state index < -0.39 is 0 Å². The number of amides is 2. The second-order valence-electron chi connectivity index (χ2n) is 4.98. The number of carbonyl (C=O) groups excluding carboxylic acids is 1. The van der Waals surface area contributed by atoms with E-state index >= 15 is 0 Å². The summed E-state index contributed by atoms with van der Waals surface area (Å²) in [6.07, 6.45) is 0.851.